The first-order valence-corrected chi connectivity index (χ1v) is 4.39. The topological polar surface area (TPSA) is 66.5 Å². The normalized spacial score (nSPS) is 18.5. The van der Waals surface area contributed by atoms with Gasteiger partial charge in [0.25, 0.3) is 0 Å². The van der Waals surface area contributed by atoms with Gasteiger partial charge in [0.05, 0.1) is 0 Å². The molecule has 13 heavy (non-hydrogen) atoms. The summed E-state index contributed by atoms with van der Waals surface area (Å²) in [6.45, 7) is 0. The number of hydrogen-bond donors (Lipinski definition) is 3. The number of hydrogen-bond acceptors (Lipinski definition) is 3. The van der Waals surface area contributed by atoms with Crippen LogP contribution < -0.4 is 5.73 Å². The van der Waals surface area contributed by atoms with E-state index in [1.807, 2.05) is 0 Å². The molecule has 1 saturated carbocycles. The van der Waals surface area contributed by atoms with Crippen LogP contribution in [0.15, 0.2) is 18.2 Å². The second-order valence-electron chi connectivity index (χ2n) is 3.82. The quantitative estimate of drug-likeness (QED) is 0.596. The van der Waals surface area contributed by atoms with Crippen molar-refractivity contribution in [2.75, 3.05) is 0 Å². The highest BCUT2D eigenvalue weighted by atomic mass is 16.3. The molecule has 0 unspecified atom stereocenters. The summed E-state index contributed by atoms with van der Waals surface area (Å²) in [5.74, 6) is -0.0963. The Bertz CT molecular complexity index is 332. The van der Waals surface area contributed by atoms with Crippen LogP contribution in [0.25, 0.3) is 0 Å². The molecule has 1 aliphatic rings. The molecule has 0 aliphatic heterocycles. The van der Waals surface area contributed by atoms with Crippen molar-refractivity contribution in [2.45, 2.75) is 24.8 Å². The zero-order valence-electron chi connectivity index (χ0n) is 7.33. The molecule has 1 aromatic rings. The molecular formula is C10H13NO2. The van der Waals surface area contributed by atoms with Crippen molar-refractivity contribution in [3.8, 4) is 11.5 Å². The van der Waals surface area contributed by atoms with E-state index in [0.29, 0.717) is 6.42 Å². The molecule has 0 amide bonds. The third-order valence-electron chi connectivity index (χ3n) is 2.53. The SMILES string of the molecule is NC1(Cc2cccc(O)c2O)CC1. The van der Waals surface area contributed by atoms with Crippen molar-refractivity contribution in [2.24, 2.45) is 5.73 Å². The van der Waals surface area contributed by atoms with Crippen LogP contribution in [0.4, 0.5) is 0 Å². The summed E-state index contributed by atoms with van der Waals surface area (Å²) < 4.78 is 0. The van der Waals surface area contributed by atoms with Crippen molar-refractivity contribution >= 4 is 0 Å². The van der Waals surface area contributed by atoms with Gasteiger partial charge in [-0.05, 0) is 30.9 Å². The highest BCUT2D eigenvalue weighted by Gasteiger charge is 2.38. The summed E-state index contributed by atoms with van der Waals surface area (Å²) in [5, 5.41) is 18.7. The Morgan fingerprint density at radius 2 is 2.00 bits per heavy atom. The number of benzene rings is 1. The fraction of sp³-hybridized carbons (Fsp3) is 0.400. The Kier molecular flexibility index (Phi) is 1.70. The van der Waals surface area contributed by atoms with E-state index in [-0.39, 0.29) is 17.0 Å². The van der Waals surface area contributed by atoms with E-state index in [4.69, 9.17) is 5.73 Å². The number of phenols is 2. The van der Waals surface area contributed by atoms with Gasteiger partial charge in [-0.15, -0.1) is 0 Å². The standard InChI is InChI=1S/C10H13NO2/c11-10(4-5-10)6-7-2-1-3-8(12)9(7)13/h1-3,12-13H,4-6,11H2. The Hall–Kier alpha value is -1.22. The number of phenolic OH excluding ortho intramolecular Hbond substituents is 2. The lowest BCUT2D eigenvalue weighted by atomic mass is 10.0. The van der Waals surface area contributed by atoms with Gasteiger partial charge in [0.2, 0.25) is 0 Å². The Balaban J connectivity index is 2.25. The molecule has 70 valence electrons. The number of rotatable bonds is 2. The molecule has 3 heteroatoms. The molecular weight excluding hydrogens is 166 g/mol. The lowest BCUT2D eigenvalue weighted by molar-refractivity contribution is 0.397. The van der Waals surface area contributed by atoms with Crippen LogP contribution >= 0.6 is 0 Å². The molecule has 0 saturated heterocycles. The van der Waals surface area contributed by atoms with Crippen LogP contribution in [-0.4, -0.2) is 15.8 Å². The molecule has 0 spiro atoms. The van der Waals surface area contributed by atoms with Crippen molar-refractivity contribution in [3.05, 3.63) is 23.8 Å². The third kappa shape index (κ3) is 1.60. The molecule has 1 aliphatic carbocycles. The minimum Gasteiger partial charge on any atom is -0.504 e. The highest BCUT2D eigenvalue weighted by Crippen LogP contribution is 2.39. The van der Waals surface area contributed by atoms with Gasteiger partial charge in [0, 0.05) is 5.54 Å². The zero-order valence-corrected chi connectivity index (χ0v) is 7.33. The van der Waals surface area contributed by atoms with E-state index < -0.39 is 0 Å². The second kappa shape index (κ2) is 2.64. The summed E-state index contributed by atoms with van der Waals surface area (Å²) in [5.41, 5.74) is 6.51. The zero-order chi connectivity index (χ0) is 9.47. The first-order chi connectivity index (χ1) is 6.11. The monoisotopic (exact) mass is 179 g/mol. The molecule has 0 atom stereocenters. The van der Waals surface area contributed by atoms with E-state index >= 15 is 0 Å². The minimum atomic E-state index is -0.134. The molecule has 1 fully saturated rings. The van der Waals surface area contributed by atoms with E-state index in [1.165, 1.54) is 6.07 Å². The fourth-order valence-corrected chi connectivity index (χ4v) is 1.44. The lowest BCUT2D eigenvalue weighted by Crippen LogP contribution is -2.24. The van der Waals surface area contributed by atoms with E-state index in [1.54, 1.807) is 12.1 Å². The van der Waals surface area contributed by atoms with Gasteiger partial charge in [0.15, 0.2) is 11.5 Å². The van der Waals surface area contributed by atoms with E-state index in [9.17, 15) is 10.2 Å². The molecule has 1 aromatic carbocycles. The Morgan fingerprint density at radius 3 is 2.62 bits per heavy atom. The van der Waals surface area contributed by atoms with Gasteiger partial charge in [-0.25, -0.2) is 0 Å². The van der Waals surface area contributed by atoms with Gasteiger partial charge in [-0.2, -0.15) is 0 Å². The molecule has 3 nitrogen and oxygen atoms in total. The fourth-order valence-electron chi connectivity index (χ4n) is 1.44. The Labute approximate surface area is 76.8 Å². The first-order valence-electron chi connectivity index (χ1n) is 4.39. The third-order valence-corrected chi connectivity index (χ3v) is 2.53. The summed E-state index contributed by atoms with van der Waals surface area (Å²) >= 11 is 0. The maximum Gasteiger partial charge on any atom is 0.160 e. The number of nitrogens with two attached hydrogens (primary N) is 1. The van der Waals surface area contributed by atoms with Gasteiger partial charge in [0.1, 0.15) is 0 Å². The molecule has 0 bridgehead atoms. The molecule has 0 aromatic heterocycles. The summed E-state index contributed by atoms with van der Waals surface area (Å²) in [6, 6.07) is 4.98. The van der Waals surface area contributed by atoms with Gasteiger partial charge >= 0.3 is 0 Å². The summed E-state index contributed by atoms with van der Waals surface area (Å²) in [4.78, 5) is 0. The van der Waals surface area contributed by atoms with Gasteiger partial charge in [-0.3, -0.25) is 0 Å². The van der Waals surface area contributed by atoms with Crippen molar-refractivity contribution in [1.82, 2.24) is 0 Å². The first kappa shape index (κ1) is 8.38. The highest BCUT2D eigenvalue weighted by molar-refractivity contribution is 5.45. The van der Waals surface area contributed by atoms with Crippen LogP contribution in [0.2, 0.25) is 0 Å². The van der Waals surface area contributed by atoms with Gasteiger partial charge < -0.3 is 15.9 Å². The maximum absolute atomic E-state index is 9.48. The molecule has 2 rings (SSSR count). The lowest BCUT2D eigenvalue weighted by Gasteiger charge is -2.10. The molecule has 4 N–H and O–H groups in total. The van der Waals surface area contributed by atoms with Crippen LogP contribution in [0, 0.1) is 0 Å². The van der Waals surface area contributed by atoms with Crippen LogP contribution in [0.5, 0.6) is 11.5 Å². The van der Waals surface area contributed by atoms with Gasteiger partial charge in [-0.1, -0.05) is 12.1 Å². The number of aromatic hydroxyl groups is 2. The molecule has 0 radical (unpaired) electrons. The smallest absolute Gasteiger partial charge is 0.160 e. The summed E-state index contributed by atoms with van der Waals surface area (Å²) in [6.07, 6.45) is 2.65. The van der Waals surface area contributed by atoms with E-state index in [2.05, 4.69) is 0 Å². The molecule has 0 heterocycles. The second-order valence-corrected chi connectivity index (χ2v) is 3.82. The summed E-state index contributed by atoms with van der Waals surface area (Å²) in [7, 11) is 0. The number of para-hydroxylation sites is 1. The average molecular weight is 179 g/mol. The van der Waals surface area contributed by atoms with Crippen LogP contribution in [-0.2, 0) is 6.42 Å². The Morgan fingerprint density at radius 1 is 1.31 bits per heavy atom. The van der Waals surface area contributed by atoms with Crippen LogP contribution in [0.3, 0.4) is 0 Å². The van der Waals surface area contributed by atoms with Crippen molar-refractivity contribution < 1.29 is 10.2 Å². The van der Waals surface area contributed by atoms with Crippen LogP contribution in [0.1, 0.15) is 18.4 Å². The van der Waals surface area contributed by atoms with Crippen molar-refractivity contribution in [3.63, 3.8) is 0 Å². The minimum absolute atomic E-state index is 0.0285. The average Bonchev–Trinajstić information content (AvgIpc) is 2.78. The van der Waals surface area contributed by atoms with Crippen molar-refractivity contribution in [1.29, 1.82) is 0 Å². The largest absolute Gasteiger partial charge is 0.504 e. The maximum atomic E-state index is 9.48. The predicted octanol–water partition coefficient (Wildman–Crippen LogP) is 1.13. The van der Waals surface area contributed by atoms with E-state index in [0.717, 1.165) is 18.4 Å². The predicted molar refractivity (Wildman–Crippen MR) is 49.6 cm³/mol.